The Hall–Kier alpha value is -0.900. The van der Waals surface area contributed by atoms with Gasteiger partial charge in [-0.15, -0.1) is 0 Å². The van der Waals surface area contributed by atoms with Crippen LogP contribution in [0.5, 0.6) is 0 Å². The number of nitrogens with zero attached hydrogens (tertiary/aromatic N) is 2. The number of aromatic nitrogens is 1. The topological polar surface area (TPSA) is 42.3 Å². The summed E-state index contributed by atoms with van der Waals surface area (Å²) in [7, 11) is -2.04. The van der Waals surface area contributed by atoms with E-state index in [4.69, 9.17) is 0 Å². The van der Waals surface area contributed by atoms with Gasteiger partial charge in [0.15, 0.2) is 5.82 Å². The molecule has 100 valence electrons. The van der Waals surface area contributed by atoms with Crippen molar-refractivity contribution in [3.63, 3.8) is 0 Å². The molecule has 2 rings (SSSR count). The minimum Gasteiger partial charge on any atom is -0.249 e. The van der Waals surface area contributed by atoms with Crippen LogP contribution in [-0.4, -0.2) is 20.7 Å². The van der Waals surface area contributed by atoms with Crippen LogP contribution in [0.3, 0.4) is 0 Å². The first-order valence-electron chi connectivity index (χ1n) is 6.59. The zero-order valence-electron chi connectivity index (χ0n) is 11.5. The van der Waals surface area contributed by atoms with Crippen molar-refractivity contribution in [2.75, 3.05) is 11.5 Å². The summed E-state index contributed by atoms with van der Waals surface area (Å²) < 4.78 is 17.0. The van der Waals surface area contributed by atoms with Crippen molar-refractivity contribution in [1.29, 1.82) is 0 Å². The summed E-state index contributed by atoms with van der Waals surface area (Å²) in [6, 6.07) is 5.82. The van der Waals surface area contributed by atoms with Gasteiger partial charge in [-0.05, 0) is 25.0 Å². The number of rotatable bonds is 1. The molecule has 0 unspecified atom stereocenters. The minimum absolute atomic E-state index is 0.00345. The molecule has 0 amide bonds. The van der Waals surface area contributed by atoms with Crippen LogP contribution in [0.25, 0.3) is 0 Å². The molecule has 1 aromatic heterocycles. The predicted octanol–water partition coefficient (Wildman–Crippen LogP) is 3.66. The Morgan fingerprint density at radius 1 is 1.17 bits per heavy atom. The molecule has 3 nitrogen and oxygen atoms in total. The number of pyridine rings is 1. The monoisotopic (exact) mass is 266 g/mol. The Morgan fingerprint density at radius 2 is 1.83 bits per heavy atom. The van der Waals surface area contributed by atoms with Crippen LogP contribution in [0.4, 0.5) is 5.82 Å². The fraction of sp³-hybridized carbons (Fsp3) is 0.643. The van der Waals surface area contributed by atoms with Gasteiger partial charge in [-0.3, -0.25) is 0 Å². The molecule has 1 aliphatic heterocycles. The maximum absolute atomic E-state index is 12.5. The molecule has 0 atom stereocenters. The number of hydrogen-bond acceptors (Lipinski definition) is 3. The van der Waals surface area contributed by atoms with Gasteiger partial charge in [-0.2, -0.15) is 4.36 Å². The highest BCUT2D eigenvalue weighted by atomic mass is 32.2. The molecule has 0 spiro atoms. The third kappa shape index (κ3) is 3.31. The van der Waals surface area contributed by atoms with E-state index in [0.717, 1.165) is 30.0 Å². The van der Waals surface area contributed by atoms with Gasteiger partial charge in [-0.1, -0.05) is 33.3 Å². The molecule has 0 N–H and O–H groups in total. The average molecular weight is 266 g/mol. The van der Waals surface area contributed by atoms with Gasteiger partial charge in [0.2, 0.25) is 0 Å². The van der Waals surface area contributed by atoms with E-state index in [1.54, 1.807) is 0 Å². The highest BCUT2D eigenvalue weighted by Crippen LogP contribution is 2.24. The Balaban J connectivity index is 2.35. The van der Waals surface area contributed by atoms with Crippen molar-refractivity contribution < 1.29 is 4.21 Å². The van der Waals surface area contributed by atoms with Crippen molar-refractivity contribution in [2.24, 2.45) is 4.36 Å². The third-order valence-electron chi connectivity index (χ3n) is 3.19. The van der Waals surface area contributed by atoms with Gasteiger partial charge in [0.25, 0.3) is 0 Å². The van der Waals surface area contributed by atoms with E-state index in [1.807, 2.05) is 18.2 Å². The first-order valence-corrected chi connectivity index (χ1v) is 8.44. The summed E-state index contributed by atoms with van der Waals surface area (Å²) in [5.41, 5.74) is 1.01. The van der Waals surface area contributed by atoms with Crippen LogP contribution in [0, 0.1) is 0 Å². The van der Waals surface area contributed by atoms with Crippen molar-refractivity contribution in [1.82, 2.24) is 4.98 Å². The Morgan fingerprint density at radius 3 is 2.44 bits per heavy atom. The van der Waals surface area contributed by atoms with E-state index in [9.17, 15) is 4.21 Å². The lowest BCUT2D eigenvalue weighted by atomic mass is 9.92. The normalized spacial score (nSPS) is 19.5. The summed E-state index contributed by atoms with van der Waals surface area (Å²) >= 11 is 0. The molecule has 0 aromatic carbocycles. The largest absolute Gasteiger partial charge is 0.249 e. The van der Waals surface area contributed by atoms with E-state index < -0.39 is 9.73 Å². The molecular weight excluding hydrogens is 244 g/mol. The van der Waals surface area contributed by atoms with Crippen LogP contribution in [0.15, 0.2) is 22.6 Å². The molecule has 2 heterocycles. The van der Waals surface area contributed by atoms with Crippen molar-refractivity contribution in [3.05, 3.63) is 23.9 Å². The van der Waals surface area contributed by atoms with Crippen LogP contribution in [0.2, 0.25) is 0 Å². The first kappa shape index (κ1) is 13.5. The number of hydrogen-bond donors (Lipinski definition) is 0. The van der Waals surface area contributed by atoms with E-state index in [0.29, 0.717) is 5.82 Å². The second kappa shape index (κ2) is 5.00. The molecule has 1 saturated heterocycles. The predicted molar refractivity (Wildman–Crippen MR) is 76.8 cm³/mol. The SMILES string of the molecule is CC(C)(C)c1cccc(N=S2(=O)CCCCC2)n1. The second-order valence-corrected chi connectivity index (χ2v) is 8.51. The van der Waals surface area contributed by atoms with Crippen LogP contribution >= 0.6 is 0 Å². The van der Waals surface area contributed by atoms with E-state index in [-0.39, 0.29) is 5.41 Å². The van der Waals surface area contributed by atoms with E-state index >= 15 is 0 Å². The van der Waals surface area contributed by atoms with Crippen molar-refractivity contribution in [3.8, 4) is 0 Å². The van der Waals surface area contributed by atoms with E-state index in [1.165, 1.54) is 6.42 Å². The van der Waals surface area contributed by atoms with Gasteiger partial charge in [0.1, 0.15) is 0 Å². The summed E-state index contributed by atoms with van der Waals surface area (Å²) in [5, 5.41) is 0. The zero-order chi connectivity index (χ0) is 13.2. The van der Waals surface area contributed by atoms with Gasteiger partial charge in [0.05, 0.1) is 9.73 Å². The second-order valence-electron chi connectivity index (χ2n) is 5.96. The molecule has 0 bridgehead atoms. The Kier molecular flexibility index (Phi) is 3.76. The fourth-order valence-corrected chi connectivity index (χ4v) is 4.23. The lowest BCUT2D eigenvalue weighted by molar-refractivity contribution is 0.569. The molecular formula is C14H22N2OS. The lowest BCUT2D eigenvalue weighted by Gasteiger charge is -2.18. The summed E-state index contributed by atoms with van der Waals surface area (Å²) in [4.78, 5) is 4.54. The standard InChI is InChI=1S/C14H22N2OS/c1-14(2,3)12-8-7-9-13(15-12)16-18(17)10-5-4-6-11-18/h7-9H,4-6,10-11H2,1-3H3. The molecule has 0 aliphatic carbocycles. The summed E-state index contributed by atoms with van der Waals surface area (Å²) in [6.07, 6.45) is 3.24. The summed E-state index contributed by atoms with van der Waals surface area (Å²) in [5.74, 6) is 2.09. The Bertz CT molecular complexity index is 525. The van der Waals surface area contributed by atoms with Crippen LogP contribution < -0.4 is 0 Å². The molecule has 1 fully saturated rings. The smallest absolute Gasteiger partial charge is 0.161 e. The molecule has 0 saturated carbocycles. The molecule has 0 radical (unpaired) electrons. The molecule has 1 aromatic rings. The van der Waals surface area contributed by atoms with Gasteiger partial charge < -0.3 is 0 Å². The highest BCUT2D eigenvalue weighted by Gasteiger charge is 2.17. The molecule has 1 aliphatic rings. The molecule has 18 heavy (non-hydrogen) atoms. The average Bonchev–Trinajstić information content (AvgIpc) is 2.28. The van der Waals surface area contributed by atoms with E-state index in [2.05, 4.69) is 30.1 Å². The minimum atomic E-state index is -2.04. The molecule has 4 heteroatoms. The van der Waals surface area contributed by atoms with Crippen molar-refractivity contribution >= 4 is 15.5 Å². The van der Waals surface area contributed by atoms with Crippen LogP contribution in [-0.2, 0) is 15.1 Å². The van der Waals surface area contributed by atoms with Gasteiger partial charge in [-0.25, -0.2) is 9.19 Å². The fourth-order valence-electron chi connectivity index (χ4n) is 2.09. The lowest BCUT2D eigenvalue weighted by Crippen LogP contribution is -2.16. The van der Waals surface area contributed by atoms with Crippen LogP contribution in [0.1, 0.15) is 45.7 Å². The maximum atomic E-state index is 12.5. The third-order valence-corrected chi connectivity index (χ3v) is 5.56. The van der Waals surface area contributed by atoms with Crippen molar-refractivity contribution in [2.45, 2.75) is 45.4 Å². The maximum Gasteiger partial charge on any atom is 0.161 e. The Labute approximate surface area is 110 Å². The quantitative estimate of drug-likeness (QED) is 0.778. The zero-order valence-corrected chi connectivity index (χ0v) is 12.3. The first-order chi connectivity index (χ1) is 8.39. The highest BCUT2D eigenvalue weighted by molar-refractivity contribution is 7.93. The van der Waals surface area contributed by atoms with Gasteiger partial charge >= 0.3 is 0 Å². The summed E-state index contributed by atoms with van der Waals surface area (Å²) in [6.45, 7) is 6.37. The van der Waals surface area contributed by atoms with Gasteiger partial charge in [0, 0.05) is 22.6 Å².